The molecular formula is C11H11N3O4S. The molecule has 1 aromatic rings. The van der Waals surface area contributed by atoms with E-state index in [2.05, 4.69) is 10.3 Å². The second kappa shape index (κ2) is 5.70. The molecule has 8 heteroatoms. The van der Waals surface area contributed by atoms with Crippen LogP contribution in [-0.2, 0) is 4.79 Å². The van der Waals surface area contributed by atoms with Gasteiger partial charge in [-0.15, -0.1) is 0 Å². The molecule has 1 fully saturated rings. The minimum absolute atomic E-state index is 0.265. The van der Waals surface area contributed by atoms with Crippen LogP contribution in [0.25, 0.3) is 6.08 Å². The molecule has 1 aliphatic heterocycles. The fourth-order valence-corrected chi connectivity index (χ4v) is 2.19. The molecule has 100 valence electrons. The minimum atomic E-state index is -0.627. The number of carbonyl (C=O) groups excluding carboxylic acids is 1. The summed E-state index contributed by atoms with van der Waals surface area (Å²) in [6.07, 6.45) is 2.35. The molecule has 0 atom stereocenters. The van der Waals surface area contributed by atoms with Crippen LogP contribution in [-0.4, -0.2) is 22.5 Å². The van der Waals surface area contributed by atoms with Crippen molar-refractivity contribution in [1.29, 1.82) is 0 Å². The average molecular weight is 281 g/mol. The smallest absolute Gasteiger partial charge is 0.401 e. The van der Waals surface area contributed by atoms with Crippen molar-refractivity contribution in [2.75, 3.05) is 6.54 Å². The summed E-state index contributed by atoms with van der Waals surface area (Å²) in [5.74, 6) is -0.366. The monoisotopic (exact) mass is 281 g/mol. The highest BCUT2D eigenvalue weighted by molar-refractivity contribution is 8.18. The van der Waals surface area contributed by atoms with Gasteiger partial charge in [0.15, 0.2) is 5.17 Å². The van der Waals surface area contributed by atoms with Gasteiger partial charge in [-0.2, -0.15) is 0 Å². The van der Waals surface area contributed by atoms with Gasteiger partial charge in [0, 0.05) is 12.6 Å². The number of thioether (sulfide) groups is 1. The topological polar surface area (TPSA) is 97.7 Å². The molecule has 19 heavy (non-hydrogen) atoms. The summed E-state index contributed by atoms with van der Waals surface area (Å²) in [5, 5.41) is 13.6. The SMILES string of the molecule is CCCN=C1NC(=O)/C(=C/c2ccc([N+](=O)[O-])o2)S1. The first-order valence-corrected chi connectivity index (χ1v) is 6.41. The standard InChI is InChI=1S/C11H11N3O4S/c1-2-5-12-11-13-10(15)8(19-11)6-7-3-4-9(18-7)14(16)17/h3-4,6H,2,5H2,1H3,(H,12,13,15)/b8-6-. The second-order valence-electron chi connectivity index (χ2n) is 3.68. The van der Waals surface area contributed by atoms with Crippen molar-refractivity contribution in [3.8, 4) is 0 Å². The highest BCUT2D eigenvalue weighted by atomic mass is 32.2. The summed E-state index contributed by atoms with van der Waals surface area (Å²) in [5.41, 5.74) is 0. The van der Waals surface area contributed by atoms with Gasteiger partial charge in [-0.1, -0.05) is 6.92 Å². The van der Waals surface area contributed by atoms with Gasteiger partial charge in [0.25, 0.3) is 5.91 Å². The van der Waals surface area contributed by atoms with E-state index in [0.29, 0.717) is 16.6 Å². The van der Waals surface area contributed by atoms with E-state index in [9.17, 15) is 14.9 Å². The summed E-state index contributed by atoms with van der Waals surface area (Å²) >= 11 is 1.19. The fraction of sp³-hybridized carbons (Fsp3) is 0.273. The third-order valence-corrected chi connectivity index (χ3v) is 3.14. The Morgan fingerprint density at radius 3 is 3.00 bits per heavy atom. The molecule has 1 aromatic heterocycles. The fourth-order valence-electron chi connectivity index (χ4n) is 1.36. The Kier molecular flexibility index (Phi) is 4.00. The van der Waals surface area contributed by atoms with E-state index < -0.39 is 4.92 Å². The van der Waals surface area contributed by atoms with Crippen LogP contribution in [0.4, 0.5) is 5.88 Å². The van der Waals surface area contributed by atoms with Crippen molar-refractivity contribution in [1.82, 2.24) is 5.32 Å². The lowest BCUT2D eigenvalue weighted by Crippen LogP contribution is -2.19. The van der Waals surface area contributed by atoms with E-state index in [1.54, 1.807) is 0 Å². The molecule has 0 saturated carbocycles. The first-order chi connectivity index (χ1) is 9.10. The van der Waals surface area contributed by atoms with Gasteiger partial charge in [-0.25, -0.2) is 0 Å². The number of amides is 1. The Hall–Kier alpha value is -2.09. The van der Waals surface area contributed by atoms with Gasteiger partial charge in [-0.3, -0.25) is 19.9 Å². The third kappa shape index (κ3) is 3.22. The first kappa shape index (κ1) is 13.3. The summed E-state index contributed by atoms with van der Waals surface area (Å²) < 4.78 is 4.96. The van der Waals surface area contributed by atoms with E-state index in [4.69, 9.17) is 4.42 Å². The molecule has 1 aliphatic rings. The quantitative estimate of drug-likeness (QED) is 0.518. The lowest BCUT2D eigenvalue weighted by atomic mass is 10.4. The number of aliphatic imine (C=N–C) groups is 1. The number of carbonyl (C=O) groups is 1. The molecule has 2 heterocycles. The maximum absolute atomic E-state index is 11.6. The molecule has 0 aliphatic carbocycles. The lowest BCUT2D eigenvalue weighted by molar-refractivity contribution is -0.402. The van der Waals surface area contributed by atoms with E-state index in [-0.39, 0.29) is 17.6 Å². The normalized spacial score (nSPS) is 19.1. The van der Waals surface area contributed by atoms with Crippen molar-refractivity contribution in [3.05, 3.63) is 32.9 Å². The van der Waals surface area contributed by atoms with Crippen LogP contribution in [0.1, 0.15) is 19.1 Å². The molecule has 0 unspecified atom stereocenters. The van der Waals surface area contributed by atoms with Gasteiger partial charge >= 0.3 is 5.88 Å². The lowest BCUT2D eigenvalue weighted by Gasteiger charge is -1.91. The van der Waals surface area contributed by atoms with Gasteiger partial charge in [-0.05, 0) is 24.2 Å². The Morgan fingerprint density at radius 2 is 2.37 bits per heavy atom. The largest absolute Gasteiger partial charge is 0.433 e. The number of amidine groups is 1. The third-order valence-electron chi connectivity index (χ3n) is 2.20. The number of hydrogen-bond acceptors (Lipinski definition) is 6. The molecule has 0 radical (unpaired) electrons. The van der Waals surface area contributed by atoms with Crippen LogP contribution in [0.5, 0.6) is 0 Å². The van der Waals surface area contributed by atoms with Crippen molar-refractivity contribution >= 4 is 34.8 Å². The molecule has 0 bridgehead atoms. The van der Waals surface area contributed by atoms with Crippen molar-refractivity contribution in [2.24, 2.45) is 4.99 Å². The number of nitro groups is 1. The molecule has 1 N–H and O–H groups in total. The number of rotatable bonds is 4. The molecular weight excluding hydrogens is 270 g/mol. The Bertz CT molecular complexity index is 576. The Morgan fingerprint density at radius 1 is 1.58 bits per heavy atom. The van der Waals surface area contributed by atoms with Gasteiger partial charge in [0.1, 0.15) is 10.7 Å². The number of furan rings is 1. The summed E-state index contributed by atoms with van der Waals surface area (Å²) in [6.45, 7) is 2.63. The minimum Gasteiger partial charge on any atom is -0.401 e. The van der Waals surface area contributed by atoms with Crippen molar-refractivity contribution < 1.29 is 14.1 Å². The number of hydrogen-bond donors (Lipinski definition) is 1. The zero-order valence-corrected chi connectivity index (χ0v) is 10.9. The maximum Gasteiger partial charge on any atom is 0.433 e. The molecule has 0 spiro atoms. The Labute approximate surface area is 112 Å². The summed E-state index contributed by atoms with van der Waals surface area (Å²) in [4.78, 5) is 26.1. The zero-order chi connectivity index (χ0) is 13.8. The zero-order valence-electron chi connectivity index (χ0n) is 10.1. The van der Waals surface area contributed by atoms with Crippen LogP contribution in [0.3, 0.4) is 0 Å². The van der Waals surface area contributed by atoms with Crippen molar-refractivity contribution in [2.45, 2.75) is 13.3 Å². The van der Waals surface area contributed by atoms with Gasteiger partial charge in [0.05, 0.1) is 11.0 Å². The Balaban J connectivity index is 2.15. The van der Waals surface area contributed by atoms with Crippen LogP contribution >= 0.6 is 11.8 Å². The predicted octanol–water partition coefficient (Wildman–Crippen LogP) is 2.16. The summed E-state index contributed by atoms with van der Waals surface area (Å²) in [7, 11) is 0. The number of nitrogens with one attached hydrogen (secondary N) is 1. The molecule has 0 aromatic carbocycles. The summed E-state index contributed by atoms with van der Waals surface area (Å²) in [6, 6.07) is 2.69. The van der Waals surface area contributed by atoms with Gasteiger partial charge < -0.3 is 9.73 Å². The second-order valence-corrected chi connectivity index (χ2v) is 4.72. The van der Waals surface area contributed by atoms with E-state index in [0.717, 1.165) is 6.42 Å². The van der Waals surface area contributed by atoms with Crippen LogP contribution in [0, 0.1) is 10.1 Å². The van der Waals surface area contributed by atoms with Gasteiger partial charge in [0.2, 0.25) is 0 Å². The average Bonchev–Trinajstić information content (AvgIpc) is 2.95. The van der Waals surface area contributed by atoms with Crippen molar-refractivity contribution in [3.63, 3.8) is 0 Å². The molecule has 1 amide bonds. The van der Waals surface area contributed by atoms with E-state index >= 15 is 0 Å². The molecule has 1 saturated heterocycles. The predicted molar refractivity (Wildman–Crippen MR) is 71.7 cm³/mol. The van der Waals surface area contributed by atoms with Crippen LogP contribution in [0.15, 0.2) is 26.4 Å². The highest BCUT2D eigenvalue weighted by Gasteiger charge is 2.24. The highest BCUT2D eigenvalue weighted by Crippen LogP contribution is 2.27. The first-order valence-electron chi connectivity index (χ1n) is 5.59. The molecule has 2 rings (SSSR count). The number of nitrogens with zero attached hydrogens (tertiary/aromatic N) is 2. The maximum atomic E-state index is 11.6. The van der Waals surface area contributed by atoms with Crippen LogP contribution in [0.2, 0.25) is 0 Å². The molecule has 7 nitrogen and oxygen atoms in total. The van der Waals surface area contributed by atoms with Crippen LogP contribution < -0.4 is 5.32 Å². The van der Waals surface area contributed by atoms with E-state index in [1.165, 1.54) is 30.0 Å². The van der Waals surface area contributed by atoms with E-state index in [1.807, 2.05) is 6.92 Å².